The standard InChI is InChI=1S/C21H22FN3O2S2/c1-3-15(18(23)26)29-21-24-19-17(12-9-8-11(2)10-16(12)28-19)20(27)25(21)14-7-5-4-6-13(14)22/h4-7,11,15H,3,8-10H2,1-2H3,(H2,23,26). The number of thiophene rings is 1. The number of aromatic nitrogens is 2. The highest BCUT2D eigenvalue weighted by Gasteiger charge is 2.27. The number of aryl methyl sites for hydroxylation is 1. The van der Waals surface area contributed by atoms with Crippen molar-refractivity contribution in [3.63, 3.8) is 0 Å². The molecule has 0 saturated carbocycles. The molecule has 152 valence electrons. The van der Waals surface area contributed by atoms with Gasteiger partial charge in [0.25, 0.3) is 5.56 Å². The van der Waals surface area contributed by atoms with E-state index in [-0.39, 0.29) is 11.2 Å². The van der Waals surface area contributed by atoms with Crippen LogP contribution in [-0.2, 0) is 17.6 Å². The molecule has 1 aliphatic rings. The molecule has 1 amide bonds. The van der Waals surface area contributed by atoms with Crippen LogP contribution in [0.1, 0.15) is 37.1 Å². The van der Waals surface area contributed by atoms with Crippen LogP contribution in [0.5, 0.6) is 0 Å². The first-order valence-corrected chi connectivity index (χ1v) is 11.4. The lowest BCUT2D eigenvalue weighted by atomic mass is 9.89. The second-order valence-corrected chi connectivity index (χ2v) is 9.69. The molecule has 0 bridgehead atoms. The Balaban J connectivity index is 2.00. The minimum absolute atomic E-state index is 0.137. The van der Waals surface area contributed by atoms with Gasteiger partial charge in [-0.05, 0) is 49.3 Å². The van der Waals surface area contributed by atoms with Gasteiger partial charge in [0, 0.05) is 4.88 Å². The number of thioether (sulfide) groups is 1. The minimum atomic E-state index is -0.549. The molecule has 2 N–H and O–H groups in total. The Labute approximate surface area is 176 Å². The van der Waals surface area contributed by atoms with Gasteiger partial charge in [0.05, 0.1) is 16.3 Å². The second-order valence-electron chi connectivity index (χ2n) is 7.44. The number of fused-ring (bicyclic) bond motifs is 3. The number of primary amides is 1. The zero-order valence-corrected chi connectivity index (χ0v) is 17.9. The third kappa shape index (κ3) is 3.59. The molecule has 2 unspecified atom stereocenters. The quantitative estimate of drug-likeness (QED) is 0.488. The Morgan fingerprint density at radius 3 is 2.90 bits per heavy atom. The summed E-state index contributed by atoms with van der Waals surface area (Å²) < 4.78 is 15.9. The lowest BCUT2D eigenvalue weighted by Gasteiger charge is -2.18. The van der Waals surface area contributed by atoms with Gasteiger partial charge >= 0.3 is 0 Å². The molecule has 0 radical (unpaired) electrons. The average Bonchev–Trinajstić information content (AvgIpc) is 3.04. The highest BCUT2D eigenvalue weighted by atomic mass is 32.2. The van der Waals surface area contributed by atoms with Crippen molar-refractivity contribution < 1.29 is 9.18 Å². The lowest BCUT2D eigenvalue weighted by molar-refractivity contribution is -0.117. The van der Waals surface area contributed by atoms with Crippen LogP contribution in [0, 0.1) is 11.7 Å². The molecule has 2 atom stereocenters. The number of halogens is 1. The second kappa shape index (κ2) is 7.91. The van der Waals surface area contributed by atoms with Crippen molar-refractivity contribution in [3.8, 4) is 5.69 Å². The average molecular weight is 432 g/mol. The van der Waals surface area contributed by atoms with Gasteiger partial charge in [-0.25, -0.2) is 9.37 Å². The maximum atomic E-state index is 14.6. The number of benzene rings is 1. The first kappa shape index (κ1) is 20.1. The number of para-hydroxylation sites is 1. The highest BCUT2D eigenvalue weighted by Crippen LogP contribution is 2.37. The summed E-state index contributed by atoms with van der Waals surface area (Å²) in [6, 6.07) is 6.13. The summed E-state index contributed by atoms with van der Waals surface area (Å²) in [4.78, 5) is 32.0. The third-order valence-electron chi connectivity index (χ3n) is 5.33. The fourth-order valence-electron chi connectivity index (χ4n) is 3.77. The topological polar surface area (TPSA) is 78.0 Å². The Kier molecular flexibility index (Phi) is 5.48. The van der Waals surface area contributed by atoms with E-state index in [2.05, 4.69) is 6.92 Å². The lowest BCUT2D eigenvalue weighted by Crippen LogP contribution is -2.28. The first-order valence-electron chi connectivity index (χ1n) is 9.68. The van der Waals surface area contributed by atoms with Gasteiger partial charge in [-0.1, -0.05) is 37.7 Å². The number of hydrogen-bond donors (Lipinski definition) is 1. The van der Waals surface area contributed by atoms with E-state index in [1.54, 1.807) is 18.2 Å². The SMILES string of the molecule is CCC(Sc1nc2sc3c(c2c(=O)n1-c1ccccc1F)CCC(C)C3)C(N)=O. The molecule has 29 heavy (non-hydrogen) atoms. The Bertz CT molecular complexity index is 1150. The number of rotatable bonds is 5. The van der Waals surface area contributed by atoms with Crippen LogP contribution >= 0.6 is 23.1 Å². The molecule has 0 aliphatic heterocycles. The van der Waals surface area contributed by atoms with E-state index in [4.69, 9.17) is 10.7 Å². The number of carbonyl (C=O) groups excluding carboxylic acids is 1. The van der Waals surface area contributed by atoms with E-state index in [1.807, 2.05) is 6.92 Å². The molecule has 2 aromatic heterocycles. The Hall–Kier alpha value is -2.19. The summed E-state index contributed by atoms with van der Waals surface area (Å²) in [7, 11) is 0. The van der Waals surface area contributed by atoms with Crippen molar-refractivity contribution in [1.29, 1.82) is 0 Å². The van der Waals surface area contributed by atoms with Gasteiger partial charge in [-0.15, -0.1) is 11.3 Å². The van der Waals surface area contributed by atoms with Gasteiger partial charge < -0.3 is 5.73 Å². The number of amides is 1. The number of nitrogens with zero attached hydrogens (tertiary/aromatic N) is 2. The van der Waals surface area contributed by atoms with Crippen LogP contribution < -0.4 is 11.3 Å². The monoisotopic (exact) mass is 431 g/mol. The summed E-state index contributed by atoms with van der Waals surface area (Å²) in [5, 5.41) is 0.327. The Morgan fingerprint density at radius 2 is 2.21 bits per heavy atom. The third-order valence-corrected chi connectivity index (χ3v) is 7.81. The molecule has 0 fully saturated rings. The summed E-state index contributed by atoms with van der Waals surface area (Å²) >= 11 is 2.66. The molecule has 3 aromatic rings. The fourth-order valence-corrected chi connectivity index (χ4v) is 6.16. The van der Waals surface area contributed by atoms with E-state index >= 15 is 0 Å². The van der Waals surface area contributed by atoms with Crippen molar-refractivity contribution in [2.24, 2.45) is 11.7 Å². The van der Waals surface area contributed by atoms with Gasteiger partial charge in [0.1, 0.15) is 10.6 Å². The normalized spacial score (nSPS) is 17.3. The van der Waals surface area contributed by atoms with Crippen LogP contribution in [-0.4, -0.2) is 20.7 Å². The molecule has 8 heteroatoms. The zero-order valence-electron chi connectivity index (χ0n) is 16.3. The number of carbonyl (C=O) groups is 1. The summed E-state index contributed by atoms with van der Waals surface area (Å²) in [5.41, 5.74) is 6.41. The van der Waals surface area contributed by atoms with Gasteiger partial charge in [-0.2, -0.15) is 0 Å². The molecule has 5 nitrogen and oxygen atoms in total. The molecule has 1 aromatic carbocycles. The van der Waals surface area contributed by atoms with Gasteiger partial charge in [0.15, 0.2) is 5.16 Å². The minimum Gasteiger partial charge on any atom is -0.369 e. The van der Waals surface area contributed by atoms with E-state index in [1.165, 1.54) is 26.8 Å². The smallest absolute Gasteiger partial charge is 0.267 e. The highest BCUT2D eigenvalue weighted by molar-refractivity contribution is 8.00. The molecule has 1 aliphatic carbocycles. The number of hydrogen-bond acceptors (Lipinski definition) is 5. The number of nitrogens with two attached hydrogens (primary N) is 1. The largest absolute Gasteiger partial charge is 0.369 e. The van der Waals surface area contributed by atoms with Gasteiger partial charge in [0.2, 0.25) is 5.91 Å². The molecular formula is C21H22FN3O2S2. The van der Waals surface area contributed by atoms with Crippen molar-refractivity contribution >= 4 is 39.2 Å². The van der Waals surface area contributed by atoms with Crippen molar-refractivity contribution in [1.82, 2.24) is 9.55 Å². The summed E-state index contributed by atoms with van der Waals surface area (Å²) in [5.74, 6) is -0.425. The van der Waals surface area contributed by atoms with Crippen molar-refractivity contribution in [2.45, 2.75) is 49.9 Å². The van der Waals surface area contributed by atoms with E-state index in [9.17, 15) is 14.0 Å². The molecule has 4 rings (SSSR count). The van der Waals surface area contributed by atoms with E-state index < -0.39 is 17.0 Å². The molecule has 0 spiro atoms. The predicted octanol–water partition coefficient (Wildman–Crippen LogP) is 4.07. The van der Waals surface area contributed by atoms with Crippen LogP contribution in [0.3, 0.4) is 0 Å². The first-order chi connectivity index (χ1) is 13.9. The van der Waals surface area contributed by atoms with Crippen LogP contribution in [0.25, 0.3) is 15.9 Å². The van der Waals surface area contributed by atoms with Gasteiger partial charge in [-0.3, -0.25) is 14.2 Å². The zero-order chi connectivity index (χ0) is 20.7. The van der Waals surface area contributed by atoms with E-state index in [0.717, 1.165) is 36.6 Å². The van der Waals surface area contributed by atoms with E-state index in [0.29, 0.717) is 27.7 Å². The maximum Gasteiger partial charge on any atom is 0.267 e. The predicted molar refractivity (Wildman–Crippen MR) is 115 cm³/mol. The van der Waals surface area contributed by atoms with Crippen molar-refractivity contribution in [3.05, 3.63) is 50.9 Å². The Morgan fingerprint density at radius 1 is 1.45 bits per heavy atom. The summed E-state index contributed by atoms with van der Waals surface area (Å²) in [6.07, 6.45) is 3.27. The van der Waals surface area contributed by atoms with Crippen LogP contribution in [0.2, 0.25) is 0 Å². The van der Waals surface area contributed by atoms with Crippen LogP contribution in [0.4, 0.5) is 4.39 Å². The molecule has 0 saturated heterocycles. The summed E-state index contributed by atoms with van der Waals surface area (Å²) in [6.45, 7) is 4.05. The fraction of sp³-hybridized carbons (Fsp3) is 0.381. The molecule has 2 heterocycles. The molecular weight excluding hydrogens is 409 g/mol. The maximum absolute atomic E-state index is 14.6. The van der Waals surface area contributed by atoms with Crippen LogP contribution in [0.15, 0.2) is 34.2 Å². The van der Waals surface area contributed by atoms with Crippen molar-refractivity contribution in [2.75, 3.05) is 0 Å².